The summed E-state index contributed by atoms with van der Waals surface area (Å²) in [5.74, 6) is 1.67. The molecule has 1 fully saturated rings. The molecule has 3 unspecified atom stereocenters. The second-order valence-corrected chi connectivity index (χ2v) is 6.98. The maximum Gasteiger partial charge on any atom is 0.0765 e. The van der Waals surface area contributed by atoms with E-state index in [0.29, 0.717) is 25.6 Å². The molecule has 0 spiro atoms. The van der Waals surface area contributed by atoms with Crippen LogP contribution in [-0.2, 0) is 4.74 Å². The minimum absolute atomic E-state index is 0.589. The van der Waals surface area contributed by atoms with Gasteiger partial charge in [0.25, 0.3) is 0 Å². The summed E-state index contributed by atoms with van der Waals surface area (Å²) in [4.78, 5) is 0. The van der Waals surface area contributed by atoms with Crippen LogP contribution in [0.3, 0.4) is 0 Å². The molecule has 1 rings (SSSR count). The molecular formula is C16H33NO2. The molecule has 3 heteroatoms. The van der Waals surface area contributed by atoms with Crippen LogP contribution in [0.4, 0.5) is 0 Å². The van der Waals surface area contributed by atoms with E-state index in [0.717, 1.165) is 11.8 Å². The minimum Gasteiger partial charge on any atom is -0.389 e. The minimum atomic E-state index is -0.652. The second-order valence-electron chi connectivity index (χ2n) is 6.98. The lowest BCUT2D eigenvalue weighted by Gasteiger charge is -2.33. The number of ether oxygens (including phenoxy) is 1. The molecule has 3 nitrogen and oxygen atoms in total. The molecule has 0 heterocycles. The largest absolute Gasteiger partial charge is 0.389 e. The summed E-state index contributed by atoms with van der Waals surface area (Å²) >= 11 is 0. The van der Waals surface area contributed by atoms with Crippen LogP contribution >= 0.6 is 0 Å². The van der Waals surface area contributed by atoms with Gasteiger partial charge in [-0.25, -0.2) is 0 Å². The molecule has 0 aliphatic heterocycles. The van der Waals surface area contributed by atoms with Crippen molar-refractivity contribution in [2.45, 2.75) is 70.9 Å². The quantitative estimate of drug-likeness (QED) is 0.713. The highest BCUT2D eigenvalue weighted by atomic mass is 16.5. The van der Waals surface area contributed by atoms with Crippen molar-refractivity contribution < 1.29 is 9.84 Å². The third-order valence-corrected chi connectivity index (χ3v) is 4.20. The molecule has 0 aromatic rings. The fourth-order valence-corrected chi connectivity index (χ4v) is 3.13. The fraction of sp³-hybridized carbons (Fsp3) is 1.00. The van der Waals surface area contributed by atoms with Gasteiger partial charge in [-0.05, 0) is 38.0 Å². The van der Waals surface area contributed by atoms with Gasteiger partial charge in [-0.15, -0.1) is 0 Å². The van der Waals surface area contributed by atoms with Crippen LogP contribution < -0.4 is 5.32 Å². The molecule has 19 heavy (non-hydrogen) atoms. The topological polar surface area (TPSA) is 41.5 Å². The lowest BCUT2D eigenvalue weighted by Crippen LogP contribution is -2.44. The maximum atomic E-state index is 10.2. The molecule has 1 aliphatic carbocycles. The molecule has 2 N–H and O–H groups in total. The van der Waals surface area contributed by atoms with Crippen LogP contribution in [-0.4, -0.2) is 37.0 Å². The number of hydrogen-bond donors (Lipinski definition) is 2. The summed E-state index contributed by atoms with van der Waals surface area (Å²) in [5, 5.41) is 13.8. The van der Waals surface area contributed by atoms with Gasteiger partial charge in [-0.2, -0.15) is 0 Å². The van der Waals surface area contributed by atoms with Crippen molar-refractivity contribution in [3.63, 3.8) is 0 Å². The van der Waals surface area contributed by atoms with E-state index in [4.69, 9.17) is 4.74 Å². The van der Waals surface area contributed by atoms with Crippen molar-refractivity contribution in [2.75, 3.05) is 20.3 Å². The van der Waals surface area contributed by atoms with Crippen LogP contribution in [0.25, 0.3) is 0 Å². The smallest absolute Gasteiger partial charge is 0.0765 e. The van der Waals surface area contributed by atoms with Gasteiger partial charge in [0.1, 0.15) is 0 Å². The molecule has 1 aliphatic rings. The predicted octanol–water partition coefficient (Wildman–Crippen LogP) is 2.97. The molecule has 0 amide bonds. The van der Waals surface area contributed by atoms with E-state index >= 15 is 0 Å². The maximum absolute atomic E-state index is 10.2. The Kier molecular flexibility index (Phi) is 7.33. The number of rotatable bonds is 8. The van der Waals surface area contributed by atoms with Gasteiger partial charge >= 0.3 is 0 Å². The summed E-state index contributed by atoms with van der Waals surface area (Å²) in [6.45, 7) is 7.82. The summed E-state index contributed by atoms with van der Waals surface area (Å²) in [6.07, 6.45) is 7.29. The highest BCUT2D eigenvalue weighted by molar-refractivity contribution is 4.83. The Hall–Kier alpha value is -0.120. The van der Waals surface area contributed by atoms with Crippen molar-refractivity contribution in [1.29, 1.82) is 0 Å². The summed E-state index contributed by atoms with van der Waals surface area (Å²) in [5.41, 5.74) is -0.652. The highest BCUT2D eigenvalue weighted by Gasteiger charge is 2.25. The first-order chi connectivity index (χ1) is 8.93. The molecule has 0 radical (unpaired) electrons. The number of hydrogen-bond acceptors (Lipinski definition) is 3. The first-order valence-electron chi connectivity index (χ1n) is 7.87. The van der Waals surface area contributed by atoms with E-state index in [2.05, 4.69) is 19.2 Å². The molecule has 0 bridgehead atoms. The van der Waals surface area contributed by atoms with Gasteiger partial charge in [0, 0.05) is 32.7 Å². The summed E-state index contributed by atoms with van der Waals surface area (Å²) in [7, 11) is 1.68. The van der Waals surface area contributed by atoms with Crippen molar-refractivity contribution in [3.8, 4) is 0 Å². The van der Waals surface area contributed by atoms with Gasteiger partial charge < -0.3 is 15.2 Å². The molecule has 0 aromatic carbocycles. The summed E-state index contributed by atoms with van der Waals surface area (Å²) in [6, 6.07) is 0.589. The van der Waals surface area contributed by atoms with E-state index < -0.39 is 5.60 Å². The third-order valence-electron chi connectivity index (χ3n) is 4.20. The summed E-state index contributed by atoms with van der Waals surface area (Å²) < 4.78 is 5.04. The highest BCUT2D eigenvalue weighted by Crippen LogP contribution is 2.29. The van der Waals surface area contributed by atoms with Gasteiger partial charge in [0.05, 0.1) is 5.60 Å². The first-order valence-corrected chi connectivity index (χ1v) is 7.87. The Morgan fingerprint density at radius 3 is 2.74 bits per heavy atom. The van der Waals surface area contributed by atoms with Crippen LogP contribution in [0, 0.1) is 11.8 Å². The Labute approximate surface area is 119 Å². The molecule has 114 valence electrons. The van der Waals surface area contributed by atoms with Gasteiger partial charge in [-0.3, -0.25) is 0 Å². The van der Waals surface area contributed by atoms with Crippen molar-refractivity contribution in [3.05, 3.63) is 0 Å². The van der Waals surface area contributed by atoms with E-state index in [1.54, 1.807) is 7.11 Å². The van der Waals surface area contributed by atoms with Crippen LogP contribution in [0.5, 0.6) is 0 Å². The average molecular weight is 271 g/mol. The standard InChI is InChI=1S/C16H33NO2/c1-13(2)10-14-6-5-7-15(11-14)17-12-16(3,18)8-9-19-4/h13-15,17-18H,5-12H2,1-4H3. The fourth-order valence-electron chi connectivity index (χ4n) is 3.13. The molecule has 0 aromatic heterocycles. The number of aliphatic hydroxyl groups is 1. The lowest BCUT2D eigenvalue weighted by atomic mass is 9.81. The predicted molar refractivity (Wildman–Crippen MR) is 80.3 cm³/mol. The van der Waals surface area contributed by atoms with E-state index in [9.17, 15) is 5.11 Å². The Morgan fingerprint density at radius 2 is 2.11 bits per heavy atom. The van der Waals surface area contributed by atoms with Crippen molar-refractivity contribution >= 4 is 0 Å². The van der Waals surface area contributed by atoms with Crippen molar-refractivity contribution in [2.24, 2.45) is 11.8 Å². The van der Waals surface area contributed by atoms with Gasteiger partial charge in [0.2, 0.25) is 0 Å². The van der Waals surface area contributed by atoms with E-state index in [1.165, 1.54) is 32.1 Å². The van der Waals surface area contributed by atoms with Gasteiger partial charge in [-0.1, -0.05) is 26.7 Å². The third kappa shape index (κ3) is 7.28. The van der Waals surface area contributed by atoms with Crippen LogP contribution in [0.15, 0.2) is 0 Å². The average Bonchev–Trinajstić information content (AvgIpc) is 2.34. The first kappa shape index (κ1) is 16.9. The number of nitrogens with one attached hydrogen (secondary N) is 1. The second kappa shape index (κ2) is 8.23. The van der Waals surface area contributed by atoms with Gasteiger partial charge in [0.15, 0.2) is 0 Å². The van der Waals surface area contributed by atoms with E-state index in [-0.39, 0.29) is 0 Å². The Morgan fingerprint density at radius 1 is 1.37 bits per heavy atom. The zero-order valence-electron chi connectivity index (χ0n) is 13.2. The monoisotopic (exact) mass is 271 g/mol. The zero-order valence-corrected chi connectivity index (χ0v) is 13.2. The Bertz CT molecular complexity index is 241. The van der Waals surface area contributed by atoms with Crippen LogP contribution in [0.1, 0.15) is 59.3 Å². The molecular weight excluding hydrogens is 238 g/mol. The van der Waals surface area contributed by atoms with E-state index in [1.807, 2.05) is 6.92 Å². The lowest BCUT2D eigenvalue weighted by molar-refractivity contribution is 0.0208. The van der Waals surface area contributed by atoms with Crippen LogP contribution in [0.2, 0.25) is 0 Å². The van der Waals surface area contributed by atoms with Crippen molar-refractivity contribution in [1.82, 2.24) is 5.32 Å². The number of methoxy groups -OCH3 is 1. The molecule has 0 saturated heterocycles. The zero-order chi connectivity index (χ0) is 14.3. The molecule has 3 atom stereocenters. The normalized spacial score (nSPS) is 27.5. The Balaban J connectivity index is 2.28. The molecule has 1 saturated carbocycles. The SMILES string of the molecule is COCCC(C)(O)CNC1CCCC(CC(C)C)C1.